The molecule has 1 aliphatic rings. The van der Waals surface area contributed by atoms with Gasteiger partial charge in [-0.1, -0.05) is 41.4 Å². The minimum absolute atomic E-state index is 0.0595. The number of carbonyl (C=O) groups excluding carboxylic acids is 1. The van der Waals surface area contributed by atoms with Gasteiger partial charge in [-0.3, -0.25) is 9.79 Å². The Kier molecular flexibility index (Phi) is 10.2. The number of hydrogen-bond donors (Lipinski definition) is 3. The lowest BCUT2D eigenvalue weighted by molar-refractivity contribution is -0.139. The van der Waals surface area contributed by atoms with Crippen LogP contribution in [0.1, 0.15) is 41.6 Å². The summed E-state index contributed by atoms with van der Waals surface area (Å²) in [7, 11) is 0. The second-order valence-electron chi connectivity index (χ2n) is 8.09. The molecule has 0 aliphatic carbocycles. The van der Waals surface area contributed by atoms with Gasteiger partial charge >= 0.3 is 5.97 Å². The largest absolute Gasteiger partial charge is 0.494 e. The topological polar surface area (TPSA) is 100 Å². The number of aliphatic imine (C=N–C) groups is 1. The summed E-state index contributed by atoms with van der Waals surface area (Å²) in [4.78, 5) is 28.8. The monoisotopic (exact) mass is 505 g/mol. The van der Waals surface area contributed by atoms with Gasteiger partial charge in [0, 0.05) is 25.2 Å². The molecule has 34 heavy (non-hydrogen) atoms. The molecule has 1 amide bonds. The lowest BCUT2D eigenvalue weighted by Crippen LogP contribution is -2.42. The first-order valence-corrected chi connectivity index (χ1v) is 12.1. The van der Waals surface area contributed by atoms with Crippen LogP contribution in [0.2, 0.25) is 10.0 Å². The zero-order chi connectivity index (χ0) is 24.3. The quantitative estimate of drug-likeness (QED) is 0.371. The maximum atomic E-state index is 12.6. The Morgan fingerprint density at radius 1 is 1.09 bits per heavy atom. The number of benzene rings is 2. The molecule has 9 heteroatoms. The maximum absolute atomic E-state index is 12.6. The minimum Gasteiger partial charge on any atom is -0.494 e. The normalized spacial score (nSPS) is 14.2. The second kappa shape index (κ2) is 13.3. The number of amides is 1. The van der Waals surface area contributed by atoms with Crippen LogP contribution < -0.4 is 15.4 Å². The van der Waals surface area contributed by atoms with E-state index >= 15 is 0 Å². The number of ether oxygens (including phenoxy) is 1. The summed E-state index contributed by atoms with van der Waals surface area (Å²) in [5.74, 6) is -1.05. The van der Waals surface area contributed by atoms with Crippen molar-refractivity contribution in [3.8, 4) is 5.75 Å². The summed E-state index contributed by atoms with van der Waals surface area (Å²) in [5, 5.41) is 15.7. The molecule has 0 saturated heterocycles. The van der Waals surface area contributed by atoms with Crippen molar-refractivity contribution in [3.63, 3.8) is 0 Å². The summed E-state index contributed by atoms with van der Waals surface area (Å²) >= 11 is 12.1. The van der Waals surface area contributed by atoms with Gasteiger partial charge in [-0.25, -0.2) is 4.79 Å². The molecular weight excluding hydrogens is 477 g/mol. The number of halogens is 2. The first kappa shape index (κ1) is 26.0. The molecule has 7 nitrogen and oxygen atoms in total. The average Bonchev–Trinajstić information content (AvgIpc) is 2.82. The van der Waals surface area contributed by atoms with E-state index in [2.05, 4.69) is 15.6 Å². The van der Waals surface area contributed by atoms with Gasteiger partial charge in [0.1, 0.15) is 11.8 Å². The van der Waals surface area contributed by atoms with E-state index < -0.39 is 17.9 Å². The first-order valence-electron chi connectivity index (χ1n) is 11.4. The van der Waals surface area contributed by atoms with Crippen molar-refractivity contribution in [1.29, 1.82) is 0 Å². The molecule has 182 valence electrons. The molecule has 0 spiro atoms. The van der Waals surface area contributed by atoms with Gasteiger partial charge in [-0.2, -0.15) is 0 Å². The Hall–Kier alpha value is -2.61. The Morgan fingerprint density at radius 2 is 1.82 bits per heavy atom. The van der Waals surface area contributed by atoms with Crippen molar-refractivity contribution in [2.75, 3.05) is 26.2 Å². The zero-order valence-electron chi connectivity index (χ0n) is 18.9. The molecule has 1 heterocycles. The van der Waals surface area contributed by atoms with Crippen molar-refractivity contribution in [2.45, 2.75) is 38.1 Å². The molecule has 3 rings (SSSR count). The van der Waals surface area contributed by atoms with Gasteiger partial charge in [0.15, 0.2) is 0 Å². The fraction of sp³-hybridized carbons (Fsp3) is 0.400. The number of carboxylic acid groups (broad SMARTS) is 1. The van der Waals surface area contributed by atoms with E-state index in [0.717, 1.165) is 56.6 Å². The number of carbonyl (C=O) groups is 2. The van der Waals surface area contributed by atoms with Crippen LogP contribution in [0, 0.1) is 0 Å². The Morgan fingerprint density at radius 3 is 2.47 bits per heavy atom. The lowest BCUT2D eigenvalue weighted by atomic mass is 10.1. The molecule has 0 saturated carbocycles. The second-order valence-corrected chi connectivity index (χ2v) is 8.91. The molecule has 0 fully saturated rings. The van der Waals surface area contributed by atoms with Gasteiger partial charge < -0.3 is 20.5 Å². The SMILES string of the molecule is O=C(NC(Cc1ccc(OCCCCCC2=NCCNC2)cc1)C(=O)O)c1c(Cl)cccc1Cl. The van der Waals surface area contributed by atoms with Crippen LogP contribution in [0.4, 0.5) is 0 Å². The first-order chi connectivity index (χ1) is 16.4. The number of carboxylic acids is 1. The van der Waals surface area contributed by atoms with E-state index in [1.54, 1.807) is 18.2 Å². The maximum Gasteiger partial charge on any atom is 0.326 e. The number of rotatable bonds is 12. The smallest absolute Gasteiger partial charge is 0.326 e. The van der Waals surface area contributed by atoms with Crippen LogP contribution in [-0.2, 0) is 11.2 Å². The highest BCUT2D eigenvalue weighted by Crippen LogP contribution is 2.24. The summed E-state index contributed by atoms with van der Waals surface area (Å²) in [6.07, 6.45) is 4.28. The minimum atomic E-state index is -1.15. The lowest BCUT2D eigenvalue weighted by Gasteiger charge is -2.16. The van der Waals surface area contributed by atoms with Crippen LogP contribution >= 0.6 is 23.2 Å². The molecule has 0 aromatic heterocycles. The molecule has 0 radical (unpaired) electrons. The molecule has 1 unspecified atom stereocenters. The predicted octanol–water partition coefficient (Wildman–Crippen LogP) is 4.40. The Labute approximate surface area is 209 Å². The molecule has 1 aliphatic heterocycles. The molecular formula is C25H29Cl2N3O4. The highest BCUT2D eigenvalue weighted by Gasteiger charge is 2.23. The third-order valence-electron chi connectivity index (χ3n) is 5.49. The molecule has 1 atom stereocenters. The standard InChI is InChI=1S/C25H29Cl2N3O4/c26-20-6-4-7-21(27)23(20)24(31)30-22(25(32)33)15-17-8-10-19(11-9-17)34-14-3-1-2-5-18-16-28-12-13-29-18/h4,6-11,22,28H,1-3,5,12-16H2,(H,30,31)(H,32,33). The summed E-state index contributed by atoms with van der Waals surface area (Å²) in [6, 6.07) is 10.8. The van der Waals surface area contributed by atoms with Crippen molar-refractivity contribution in [1.82, 2.24) is 10.6 Å². The van der Waals surface area contributed by atoms with Crippen LogP contribution in [-0.4, -0.2) is 55.0 Å². The fourth-order valence-electron chi connectivity index (χ4n) is 3.65. The van der Waals surface area contributed by atoms with Crippen molar-refractivity contribution in [2.24, 2.45) is 4.99 Å². The average molecular weight is 506 g/mol. The fourth-order valence-corrected chi connectivity index (χ4v) is 4.22. The van der Waals surface area contributed by atoms with Crippen LogP contribution in [0.15, 0.2) is 47.5 Å². The summed E-state index contributed by atoms with van der Waals surface area (Å²) < 4.78 is 5.80. The van der Waals surface area contributed by atoms with Crippen molar-refractivity contribution >= 4 is 40.8 Å². The van der Waals surface area contributed by atoms with Crippen LogP contribution in [0.3, 0.4) is 0 Å². The predicted molar refractivity (Wildman–Crippen MR) is 135 cm³/mol. The Bertz CT molecular complexity index is 991. The highest BCUT2D eigenvalue weighted by molar-refractivity contribution is 6.39. The van der Waals surface area contributed by atoms with Crippen molar-refractivity contribution < 1.29 is 19.4 Å². The van der Waals surface area contributed by atoms with E-state index in [1.165, 1.54) is 17.8 Å². The number of nitrogens with one attached hydrogen (secondary N) is 2. The number of hydrogen-bond acceptors (Lipinski definition) is 5. The van der Waals surface area contributed by atoms with E-state index in [0.29, 0.717) is 6.61 Å². The molecule has 2 aromatic carbocycles. The molecule has 3 N–H and O–H groups in total. The molecule has 0 bridgehead atoms. The van der Waals surface area contributed by atoms with Gasteiger partial charge in [-0.15, -0.1) is 0 Å². The highest BCUT2D eigenvalue weighted by atomic mass is 35.5. The third-order valence-corrected chi connectivity index (χ3v) is 6.12. The summed E-state index contributed by atoms with van der Waals surface area (Å²) in [6.45, 7) is 3.38. The van der Waals surface area contributed by atoms with Crippen LogP contribution in [0.25, 0.3) is 0 Å². The van der Waals surface area contributed by atoms with Gasteiger partial charge in [0.25, 0.3) is 5.91 Å². The molecule has 2 aromatic rings. The number of aliphatic carboxylic acids is 1. The van der Waals surface area contributed by atoms with Gasteiger partial charge in [-0.05, 0) is 55.5 Å². The van der Waals surface area contributed by atoms with E-state index in [4.69, 9.17) is 27.9 Å². The van der Waals surface area contributed by atoms with Gasteiger partial charge in [0.05, 0.1) is 28.8 Å². The Balaban J connectivity index is 1.44. The van der Waals surface area contributed by atoms with Crippen molar-refractivity contribution in [3.05, 3.63) is 63.6 Å². The number of nitrogens with zero attached hydrogens (tertiary/aromatic N) is 1. The van der Waals surface area contributed by atoms with Crippen LogP contribution in [0.5, 0.6) is 5.75 Å². The van der Waals surface area contributed by atoms with E-state index in [1.807, 2.05) is 12.1 Å². The third kappa shape index (κ3) is 8.01. The zero-order valence-corrected chi connectivity index (χ0v) is 20.4. The summed E-state index contributed by atoms with van der Waals surface area (Å²) in [5.41, 5.74) is 2.07. The number of unbranched alkanes of at least 4 members (excludes halogenated alkanes) is 2. The van der Waals surface area contributed by atoms with E-state index in [9.17, 15) is 14.7 Å². The van der Waals surface area contributed by atoms with E-state index in [-0.39, 0.29) is 22.0 Å². The van der Waals surface area contributed by atoms with Gasteiger partial charge in [0.2, 0.25) is 0 Å².